The van der Waals surface area contributed by atoms with E-state index in [1.807, 2.05) is 0 Å². The van der Waals surface area contributed by atoms with Crippen LogP contribution in [0.1, 0.15) is 127 Å². The van der Waals surface area contributed by atoms with E-state index in [0.717, 1.165) is 56.0 Å². The topological polar surface area (TPSA) is 53.5 Å². The molecule has 0 atom stereocenters. The fourth-order valence-corrected chi connectivity index (χ4v) is 6.59. The summed E-state index contributed by atoms with van der Waals surface area (Å²) in [6, 6.07) is 6.63. The van der Waals surface area contributed by atoms with E-state index in [0.29, 0.717) is 0 Å². The van der Waals surface area contributed by atoms with Gasteiger partial charge in [0.05, 0.1) is 36.7 Å². The molecule has 3 aromatic heterocycles. The number of aromatic nitrogens is 6. The van der Waals surface area contributed by atoms with Crippen LogP contribution in [0.4, 0.5) is 0 Å². The van der Waals surface area contributed by atoms with E-state index in [1.165, 1.54) is 72.3 Å². The minimum atomic E-state index is 0.820. The Morgan fingerprint density at radius 2 is 0.690 bits per heavy atom. The molecule has 6 heteroatoms. The van der Waals surface area contributed by atoms with E-state index in [-0.39, 0.29) is 0 Å². The molecular formula is C36H54N6. The van der Waals surface area contributed by atoms with Gasteiger partial charge in [0, 0.05) is 17.1 Å². The van der Waals surface area contributed by atoms with Crippen molar-refractivity contribution in [2.24, 2.45) is 0 Å². The summed E-state index contributed by atoms with van der Waals surface area (Å²) in [7, 11) is 0. The van der Waals surface area contributed by atoms with Gasteiger partial charge in [0.15, 0.2) is 0 Å². The minimum Gasteiger partial charge on any atom is -0.265 e. The summed E-state index contributed by atoms with van der Waals surface area (Å²) < 4.78 is 6.71. The van der Waals surface area contributed by atoms with E-state index in [9.17, 15) is 0 Å². The van der Waals surface area contributed by atoms with Crippen LogP contribution in [0.5, 0.6) is 0 Å². The molecule has 0 spiro atoms. The molecule has 228 valence electrons. The average molecular weight is 571 g/mol. The fraction of sp³-hybridized carbons (Fsp3) is 0.583. The van der Waals surface area contributed by atoms with Crippen LogP contribution >= 0.6 is 0 Å². The zero-order chi connectivity index (χ0) is 30.4. The molecule has 6 nitrogen and oxygen atoms in total. The van der Waals surface area contributed by atoms with E-state index in [4.69, 9.17) is 15.3 Å². The molecule has 0 bridgehead atoms. The molecular weight excluding hydrogens is 516 g/mol. The summed E-state index contributed by atoms with van der Waals surface area (Å²) in [6.07, 6.45) is 10.4. The first kappa shape index (κ1) is 31.8. The van der Waals surface area contributed by atoms with Crippen molar-refractivity contribution in [2.45, 2.75) is 140 Å². The van der Waals surface area contributed by atoms with Crippen LogP contribution in [-0.2, 0) is 38.9 Å². The van der Waals surface area contributed by atoms with Gasteiger partial charge in [-0.2, -0.15) is 15.3 Å². The number of aryl methyl sites for hydroxylation is 6. The number of benzene rings is 1. The van der Waals surface area contributed by atoms with Crippen LogP contribution in [0, 0.1) is 41.5 Å². The van der Waals surface area contributed by atoms with Gasteiger partial charge in [0.25, 0.3) is 0 Å². The van der Waals surface area contributed by atoms with Crippen molar-refractivity contribution in [1.82, 2.24) is 29.3 Å². The largest absolute Gasteiger partial charge is 0.265 e. The molecule has 0 radical (unpaired) electrons. The van der Waals surface area contributed by atoms with Gasteiger partial charge >= 0.3 is 0 Å². The number of unbranched alkanes of at least 4 members (excludes halogenated alkanes) is 3. The van der Waals surface area contributed by atoms with Crippen molar-refractivity contribution in [1.29, 1.82) is 0 Å². The van der Waals surface area contributed by atoms with Crippen LogP contribution in [-0.4, -0.2) is 29.3 Å². The van der Waals surface area contributed by atoms with E-state index < -0.39 is 0 Å². The molecule has 0 fully saturated rings. The Labute approximate surface area is 254 Å². The Balaban J connectivity index is 2.07. The molecule has 42 heavy (non-hydrogen) atoms. The average Bonchev–Trinajstić information content (AvgIpc) is 3.55. The number of hydrogen-bond acceptors (Lipinski definition) is 3. The second-order valence-electron chi connectivity index (χ2n) is 12.4. The third kappa shape index (κ3) is 7.25. The van der Waals surface area contributed by atoms with Gasteiger partial charge in [-0.1, -0.05) is 40.0 Å². The molecule has 1 aromatic carbocycles. The maximum atomic E-state index is 4.96. The molecule has 0 aliphatic heterocycles. The zero-order valence-corrected chi connectivity index (χ0v) is 27.9. The summed E-state index contributed by atoms with van der Waals surface area (Å²) in [6.45, 7) is 22.3. The molecule has 4 rings (SSSR count). The number of rotatable bonds is 15. The van der Waals surface area contributed by atoms with E-state index in [2.05, 4.69) is 94.6 Å². The van der Waals surface area contributed by atoms with Crippen LogP contribution < -0.4 is 0 Å². The van der Waals surface area contributed by atoms with Crippen molar-refractivity contribution < 1.29 is 0 Å². The molecule has 0 saturated heterocycles. The molecule has 3 heterocycles. The van der Waals surface area contributed by atoms with Gasteiger partial charge < -0.3 is 0 Å². The Kier molecular flexibility index (Phi) is 10.9. The normalized spacial score (nSPS) is 11.6. The van der Waals surface area contributed by atoms with Crippen molar-refractivity contribution in [3.8, 4) is 0 Å². The molecule has 0 amide bonds. The first-order valence-corrected chi connectivity index (χ1v) is 16.4. The van der Waals surface area contributed by atoms with Gasteiger partial charge in [-0.3, -0.25) is 14.0 Å². The quantitative estimate of drug-likeness (QED) is 0.144. The van der Waals surface area contributed by atoms with Crippen LogP contribution in [0.2, 0.25) is 0 Å². The second kappa shape index (κ2) is 14.3. The van der Waals surface area contributed by atoms with Gasteiger partial charge in [-0.05, 0) is 132 Å². The van der Waals surface area contributed by atoms with Gasteiger partial charge in [0.1, 0.15) is 0 Å². The van der Waals surface area contributed by atoms with Crippen LogP contribution in [0.25, 0.3) is 0 Å². The smallest absolute Gasteiger partial charge is 0.0668 e. The molecule has 0 unspecified atom stereocenters. The highest BCUT2D eigenvalue weighted by molar-refractivity contribution is 5.53. The Bertz CT molecular complexity index is 1280. The lowest BCUT2D eigenvalue weighted by Crippen LogP contribution is -2.21. The van der Waals surface area contributed by atoms with Crippen molar-refractivity contribution in [3.63, 3.8) is 0 Å². The van der Waals surface area contributed by atoms with Crippen molar-refractivity contribution in [2.75, 3.05) is 0 Å². The lowest BCUT2D eigenvalue weighted by molar-refractivity contribution is 0.602. The predicted molar refractivity (Wildman–Crippen MR) is 175 cm³/mol. The third-order valence-corrected chi connectivity index (χ3v) is 8.76. The van der Waals surface area contributed by atoms with Gasteiger partial charge in [-0.15, -0.1) is 0 Å². The van der Waals surface area contributed by atoms with Crippen LogP contribution in [0.3, 0.4) is 0 Å². The monoisotopic (exact) mass is 570 g/mol. The first-order chi connectivity index (χ1) is 20.2. The SMILES string of the molecule is CCCCc1c(Cn2nc(C)cc2C)c(CCCC)c(Cn2nc(C)cc2C)c(CCCC)c1Cn1nc(C)cc1C. The highest BCUT2D eigenvalue weighted by atomic mass is 15.3. The lowest BCUT2D eigenvalue weighted by atomic mass is 9.81. The van der Waals surface area contributed by atoms with Crippen LogP contribution in [0.15, 0.2) is 18.2 Å². The summed E-state index contributed by atoms with van der Waals surface area (Å²) in [5.74, 6) is 0. The van der Waals surface area contributed by atoms with Gasteiger partial charge in [0.2, 0.25) is 0 Å². The maximum absolute atomic E-state index is 4.96. The third-order valence-electron chi connectivity index (χ3n) is 8.76. The summed E-state index contributed by atoms with van der Waals surface area (Å²) in [4.78, 5) is 0. The predicted octanol–water partition coefficient (Wildman–Crippen LogP) is 8.30. The number of nitrogens with zero attached hydrogens (tertiary/aromatic N) is 6. The Morgan fingerprint density at radius 1 is 0.429 bits per heavy atom. The first-order valence-electron chi connectivity index (χ1n) is 16.4. The summed E-state index contributed by atoms with van der Waals surface area (Å²) in [5, 5.41) is 14.9. The fourth-order valence-electron chi connectivity index (χ4n) is 6.59. The van der Waals surface area contributed by atoms with Crippen molar-refractivity contribution in [3.05, 3.63) is 85.7 Å². The second-order valence-corrected chi connectivity index (χ2v) is 12.4. The summed E-state index contributed by atoms with van der Waals surface area (Å²) in [5.41, 5.74) is 16.1. The number of hydrogen-bond donors (Lipinski definition) is 0. The lowest BCUT2D eigenvalue weighted by Gasteiger charge is -2.28. The maximum Gasteiger partial charge on any atom is 0.0668 e. The zero-order valence-electron chi connectivity index (χ0n) is 27.9. The molecule has 4 aromatic rings. The van der Waals surface area contributed by atoms with E-state index >= 15 is 0 Å². The molecule has 0 saturated carbocycles. The minimum absolute atomic E-state index is 0.820. The Hall–Kier alpha value is -3.15. The van der Waals surface area contributed by atoms with Gasteiger partial charge in [-0.25, -0.2) is 0 Å². The molecule has 0 aliphatic carbocycles. The summed E-state index contributed by atoms with van der Waals surface area (Å²) >= 11 is 0. The molecule has 0 N–H and O–H groups in total. The van der Waals surface area contributed by atoms with Crippen molar-refractivity contribution >= 4 is 0 Å². The highest BCUT2D eigenvalue weighted by Gasteiger charge is 2.25. The highest BCUT2D eigenvalue weighted by Crippen LogP contribution is 2.35. The van der Waals surface area contributed by atoms with E-state index in [1.54, 1.807) is 16.7 Å². The Morgan fingerprint density at radius 3 is 0.881 bits per heavy atom. The molecule has 0 aliphatic rings. The standard InChI is InChI=1S/C36H54N6/c1-10-13-16-31-34(22-40-28(7)19-25(4)37-40)32(17-14-11-2)36(24-42-30(9)21-27(6)39-42)33(18-15-12-3)35(31)23-41-29(8)20-26(5)38-41/h19-21H,10-18,22-24H2,1-9H3.